The standard InChI is InChI=1S/C21H26N2O4S/c1-27-20(24)22-21(12-11-19(15-21)23-28(2,25)26)14-16-7-6-10-18(13-16)17-8-4-3-5-9-17/h3-10,13,19,23H,11-12,14-15H2,1-2H3,(H,22,24)/t19-,21+/m0/s1. The molecule has 28 heavy (non-hydrogen) atoms. The van der Waals surface area contributed by atoms with E-state index in [0.29, 0.717) is 25.7 Å². The van der Waals surface area contributed by atoms with Crippen LogP contribution in [0.3, 0.4) is 0 Å². The minimum absolute atomic E-state index is 0.204. The molecule has 2 aromatic carbocycles. The van der Waals surface area contributed by atoms with Crippen LogP contribution in [-0.2, 0) is 21.2 Å². The number of methoxy groups -OCH3 is 1. The maximum Gasteiger partial charge on any atom is 0.407 e. The van der Waals surface area contributed by atoms with Crippen LogP contribution in [-0.4, -0.2) is 39.5 Å². The maximum atomic E-state index is 12.0. The van der Waals surface area contributed by atoms with Crippen LogP contribution in [0.5, 0.6) is 0 Å². The van der Waals surface area contributed by atoms with Gasteiger partial charge in [0.25, 0.3) is 0 Å². The van der Waals surface area contributed by atoms with Crippen molar-refractivity contribution in [1.82, 2.24) is 10.0 Å². The molecule has 2 atom stereocenters. The lowest BCUT2D eigenvalue weighted by atomic mass is 9.88. The van der Waals surface area contributed by atoms with Gasteiger partial charge >= 0.3 is 6.09 Å². The van der Waals surface area contributed by atoms with Crippen LogP contribution in [0.4, 0.5) is 4.79 Å². The summed E-state index contributed by atoms with van der Waals surface area (Å²) in [5.74, 6) is 0. The van der Waals surface area contributed by atoms with E-state index in [4.69, 9.17) is 4.74 Å². The van der Waals surface area contributed by atoms with Gasteiger partial charge in [-0.2, -0.15) is 0 Å². The molecule has 0 unspecified atom stereocenters. The number of ether oxygens (including phenoxy) is 1. The van der Waals surface area contributed by atoms with E-state index < -0.39 is 21.7 Å². The highest BCUT2D eigenvalue weighted by atomic mass is 32.2. The summed E-state index contributed by atoms with van der Waals surface area (Å²) in [6, 6.07) is 18.1. The van der Waals surface area contributed by atoms with Crippen molar-refractivity contribution in [2.45, 2.75) is 37.3 Å². The molecule has 1 aliphatic rings. The van der Waals surface area contributed by atoms with Crippen molar-refractivity contribution in [3.8, 4) is 11.1 Å². The van der Waals surface area contributed by atoms with Crippen molar-refractivity contribution in [2.24, 2.45) is 0 Å². The molecule has 0 radical (unpaired) electrons. The first-order valence-electron chi connectivity index (χ1n) is 9.26. The average molecular weight is 403 g/mol. The Bertz CT molecular complexity index is 930. The molecule has 0 aliphatic heterocycles. The molecule has 7 heteroatoms. The quantitative estimate of drug-likeness (QED) is 0.778. The van der Waals surface area contributed by atoms with Gasteiger partial charge in [0, 0.05) is 11.6 Å². The van der Waals surface area contributed by atoms with Gasteiger partial charge in [0.05, 0.1) is 13.4 Å². The first-order chi connectivity index (χ1) is 13.3. The van der Waals surface area contributed by atoms with E-state index in [-0.39, 0.29) is 6.04 Å². The number of benzene rings is 2. The van der Waals surface area contributed by atoms with E-state index in [1.165, 1.54) is 7.11 Å². The zero-order valence-electron chi connectivity index (χ0n) is 16.1. The van der Waals surface area contributed by atoms with Gasteiger partial charge in [-0.05, 0) is 42.4 Å². The predicted molar refractivity (Wildman–Crippen MR) is 109 cm³/mol. The number of hydrogen-bond donors (Lipinski definition) is 2. The molecule has 6 nitrogen and oxygen atoms in total. The van der Waals surface area contributed by atoms with Crippen LogP contribution in [0.2, 0.25) is 0 Å². The third-order valence-corrected chi connectivity index (χ3v) is 5.88. The smallest absolute Gasteiger partial charge is 0.407 e. The highest BCUT2D eigenvalue weighted by molar-refractivity contribution is 7.88. The van der Waals surface area contributed by atoms with Crippen molar-refractivity contribution in [3.05, 3.63) is 60.2 Å². The number of alkyl carbamates (subject to hydrolysis) is 1. The van der Waals surface area contributed by atoms with Crippen LogP contribution in [0.15, 0.2) is 54.6 Å². The van der Waals surface area contributed by atoms with E-state index in [9.17, 15) is 13.2 Å². The third-order valence-electron chi connectivity index (χ3n) is 5.12. The molecule has 150 valence electrons. The van der Waals surface area contributed by atoms with E-state index in [2.05, 4.69) is 34.3 Å². The van der Waals surface area contributed by atoms with Crippen LogP contribution >= 0.6 is 0 Å². The van der Waals surface area contributed by atoms with Crippen molar-refractivity contribution < 1.29 is 17.9 Å². The molecule has 2 N–H and O–H groups in total. The number of carbonyl (C=O) groups is 1. The van der Waals surface area contributed by atoms with E-state index in [0.717, 1.165) is 22.9 Å². The Morgan fingerprint density at radius 3 is 2.54 bits per heavy atom. The Kier molecular flexibility index (Phi) is 6.05. The Morgan fingerprint density at radius 2 is 1.86 bits per heavy atom. The molecule has 0 aromatic heterocycles. The Hall–Kier alpha value is -2.38. The fourth-order valence-corrected chi connectivity index (χ4v) is 4.80. The van der Waals surface area contributed by atoms with Crippen LogP contribution in [0.25, 0.3) is 11.1 Å². The maximum absolute atomic E-state index is 12.0. The normalized spacial score (nSPS) is 22.0. The van der Waals surface area contributed by atoms with E-state index in [1.807, 2.05) is 30.3 Å². The molecule has 0 saturated heterocycles. The number of amides is 1. The van der Waals surface area contributed by atoms with Gasteiger partial charge in [0.15, 0.2) is 0 Å². The van der Waals surface area contributed by atoms with Gasteiger partial charge < -0.3 is 10.1 Å². The Morgan fingerprint density at radius 1 is 1.14 bits per heavy atom. The number of rotatable bonds is 6. The van der Waals surface area contributed by atoms with Crippen molar-refractivity contribution in [1.29, 1.82) is 0 Å². The molecule has 1 saturated carbocycles. The summed E-state index contributed by atoms with van der Waals surface area (Å²) >= 11 is 0. The highest BCUT2D eigenvalue weighted by Gasteiger charge is 2.41. The first-order valence-corrected chi connectivity index (χ1v) is 11.2. The molecule has 1 aliphatic carbocycles. The van der Waals surface area contributed by atoms with Gasteiger partial charge in [0.2, 0.25) is 10.0 Å². The van der Waals surface area contributed by atoms with Gasteiger partial charge in [-0.3, -0.25) is 0 Å². The van der Waals surface area contributed by atoms with Crippen molar-refractivity contribution >= 4 is 16.1 Å². The molecule has 1 amide bonds. The van der Waals surface area contributed by atoms with Gasteiger partial charge in [0.1, 0.15) is 0 Å². The molecular weight excluding hydrogens is 376 g/mol. The van der Waals surface area contributed by atoms with Gasteiger partial charge in [-0.15, -0.1) is 0 Å². The molecule has 3 rings (SSSR count). The summed E-state index contributed by atoms with van der Waals surface area (Å²) in [6.45, 7) is 0. The lowest BCUT2D eigenvalue weighted by Gasteiger charge is -2.30. The number of hydrogen-bond acceptors (Lipinski definition) is 4. The molecule has 0 bridgehead atoms. The zero-order chi connectivity index (χ0) is 20.2. The third kappa shape index (κ3) is 5.33. The zero-order valence-corrected chi connectivity index (χ0v) is 17.0. The summed E-state index contributed by atoms with van der Waals surface area (Å²) in [5.41, 5.74) is 2.76. The molecule has 0 spiro atoms. The van der Waals surface area contributed by atoms with Crippen molar-refractivity contribution in [3.63, 3.8) is 0 Å². The van der Waals surface area contributed by atoms with Crippen LogP contribution in [0, 0.1) is 0 Å². The van der Waals surface area contributed by atoms with Crippen LogP contribution in [0.1, 0.15) is 24.8 Å². The monoisotopic (exact) mass is 402 g/mol. The first kappa shape index (κ1) is 20.4. The average Bonchev–Trinajstić information content (AvgIpc) is 3.02. The summed E-state index contributed by atoms with van der Waals surface area (Å²) < 4.78 is 30.7. The second-order valence-corrected chi connectivity index (χ2v) is 9.25. The number of sulfonamides is 1. The molecule has 1 fully saturated rings. The second kappa shape index (κ2) is 8.32. The largest absolute Gasteiger partial charge is 0.453 e. The van der Waals surface area contributed by atoms with Crippen LogP contribution < -0.4 is 10.0 Å². The molecule has 2 aromatic rings. The highest BCUT2D eigenvalue weighted by Crippen LogP contribution is 2.34. The van der Waals surface area contributed by atoms with E-state index in [1.54, 1.807) is 0 Å². The lowest BCUT2D eigenvalue weighted by Crippen LogP contribution is -2.49. The number of carbonyl (C=O) groups excluding carboxylic acids is 1. The number of nitrogens with one attached hydrogen (secondary N) is 2. The lowest BCUT2D eigenvalue weighted by molar-refractivity contribution is 0.154. The second-order valence-electron chi connectivity index (χ2n) is 7.47. The summed E-state index contributed by atoms with van der Waals surface area (Å²) in [5, 5.41) is 2.97. The van der Waals surface area contributed by atoms with Gasteiger partial charge in [-0.1, -0.05) is 54.6 Å². The molecular formula is C21H26N2O4S. The fourth-order valence-electron chi connectivity index (χ4n) is 4.00. The van der Waals surface area contributed by atoms with Gasteiger partial charge in [-0.25, -0.2) is 17.9 Å². The Balaban J connectivity index is 1.84. The van der Waals surface area contributed by atoms with Crippen molar-refractivity contribution in [2.75, 3.05) is 13.4 Å². The Labute approximate surface area is 166 Å². The minimum Gasteiger partial charge on any atom is -0.453 e. The van der Waals surface area contributed by atoms with E-state index >= 15 is 0 Å². The summed E-state index contributed by atoms with van der Waals surface area (Å²) in [6.07, 6.45) is 3.11. The molecule has 0 heterocycles. The predicted octanol–water partition coefficient (Wildman–Crippen LogP) is 3.09. The SMILES string of the molecule is COC(=O)N[C@@]1(Cc2cccc(-c3ccccc3)c2)CC[C@H](NS(C)(=O)=O)C1. The topological polar surface area (TPSA) is 84.5 Å². The summed E-state index contributed by atoms with van der Waals surface area (Å²) in [4.78, 5) is 12.0. The fraction of sp³-hybridized carbons (Fsp3) is 0.381. The summed E-state index contributed by atoms with van der Waals surface area (Å²) in [7, 11) is -1.97. The minimum atomic E-state index is -3.30.